The third-order valence-electron chi connectivity index (χ3n) is 4.39. The lowest BCUT2D eigenvalue weighted by Gasteiger charge is -2.32. The molecule has 1 aromatic carbocycles. The highest BCUT2D eigenvalue weighted by atomic mass is 35.5. The Morgan fingerprint density at radius 2 is 1.88 bits per heavy atom. The van der Waals surface area contributed by atoms with Gasteiger partial charge >= 0.3 is 0 Å². The Hall–Kier alpha value is -2.60. The Balaban J connectivity index is 1.55. The number of benzene rings is 1. The predicted molar refractivity (Wildman–Crippen MR) is 101 cm³/mol. The van der Waals surface area contributed by atoms with Crippen LogP contribution in [0.1, 0.15) is 16.1 Å². The molecule has 26 heavy (non-hydrogen) atoms. The molecule has 6 nitrogen and oxygen atoms in total. The molecular formula is C19H21ClN4O2. The van der Waals surface area contributed by atoms with Crippen molar-refractivity contribution in [2.45, 2.75) is 6.42 Å². The molecule has 0 radical (unpaired) electrons. The van der Waals surface area contributed by atoms with Gasteiger partial charge in [-0.05, 0) is 36.2 Å². The number of rotatable bonds is 6. The molecule has 136 valence electrons. The minimum atomic E-state index is -0.100. The number of hydrogen-bond donors (Lipinski definition) is 1. The van der Waals surface area contributed by atoms with E-state index in [2.05, 4.69) is 10.3 Å². The van der Waals surface area contributed by atoms with E-state index in [1.165, 1.54) is 5.56 Å². The highest BCUT2D eigenvalue weighted by Gasteiger charge is 2.22. The second-order valence-electron chi connectivity index (χ2n) is 6.17. The molecule has 2 amide bonds. The van der Waals surface area contributed by atoms with Gasteiger partial charge in [-0.2, -0.15) is 0 Å². The third kappa shape index (κ3) is 4.73. The molecule has 0 saturated carbocycles. The largest absolute Gasteiger partial charge is 0.385 e. The third-order valence-corrected chi connectivity index (χ3v) is 4.64. The van der Waals surface area contributed by atoms with E-state index in [0.29, 0.717) is 31.9 Å². The van der Waals surface area contributed by atoms with E-state index in [4.69, 9.17) is 11.6 Å². The van der Waals surface area contributed by atoms with Gasteiger partial charge in [0.25, 0.3) is 5.91 Å². The van der Waals surface area contributed by atoms with Gasteiger partial charge in [0.2, 0.25) is 6.41 Å². The van der Waals surface area contributed by atoms with E-state index in [1.807, 2.05) is 30.3 Å². The zero-order chi connectivity index (χ0) is 18.4. The van der Waals surface area contributed by atoms with Crippen LogP contribution in [0.4, 0.5) is 5.69 Å². The van der Waals surface area contributed by atoms with Gasteiger partial charge in [-0.15, -0.1) is 0 Å². The molecule has 0 bridgehead atoms. The van der Waals surface area contributed by atoms with Crippen molar-refractivity contribution < 1.29 is 9.59 Å². The van der Waals surface area contributed by atoms with Crippen LogP contribution in [0.3, 0.4) is 0 Å². The van der Waals surface area contributed by atoms with Crippen LogP contribution in [0.15, 0.2) is 42.6 Å². The zero-order valence-corrected chi connectivity index (χ0v) is 15.2. The van der Waals surface area contributed by atoms with Gasteiger partial charge in [0, 0.05) is 49.6 Å². The molecule has 1 fully saturated rings. The SMILES string of the molecule is O=CN1CCN(C(=O)c2cc(NCCc3ccc(Cl)cc3)ccn2)CC1. The van der Waals surface area contributed by atoms with E-state index < -0.39 is 0 Å². The quantitative estimate of drug-likeness (QED) is 0.790. The lowest BCUT2D eigenvalue weighted by molar-refractivity contribution is -0.119. The normalized spacial score (nSPS) is 14.2. The summed E-state index contributed by atoms with van der Waals surface area (Å²) >= 11 is 5.89. The fraction of sp³-hybridized carbons (Fsp3) is 0.316. The summed E-state index contributed by atoms with van der Waals surface area (Å²) in [7, 11) is 0. The van der Waals surface area contributed by atoms with Crippen molar-refractivity contribution in [2.24, 2.45) is 0 Å². The minimum absolute atomic E-state index is 0.100. The van der Waals surface area contributed by atoms with E-state index >= 15 is 0 Å². The van der Waals surface area contributed by atoms with Gasteiger partial charge in [0.15, 0.2) is 0 Å². The highest BCUT2D eigenvalue weighted by molar-refractivity contribution is 6.30. The van der Waals surface area contributed by atoms with E-state index in [0.717, 1.165) is 30.1 Å². The van der Waals surface area contributed by atoms with Crippen molar-refractivity contribution in [3.63, 3.8) is 0 Å². The van der Waals surface area contributed by atoms with Crippen molar-refractivity contribution in [2.75, 3.05) is 38.0 Å². The number of hydrogen-bond acceptors (Lipinski definition) is 4. The van der Waals surface area contributed by atoms with Gasteiger partial charge in [-0.3, -0.25) is 14.6 Å². The first-order valence-corrected chi connectivity index (χ1v) is 8.96. The molecule has 1 N–H and O–H groups in total. The maximum Gasteiger partial charge on any atom is 0.272 e. The van der Waals surface area contributed by atoms with Gasteiger partial charge in [-0.25, -0.2) is 0 Å². The number of aromatic nitrogens is 1. The molecule has 0 unspecified atom stereocenters. The molecule has 1 aromatic heterocycles. The number of nitrogens with zero attached hydrogens (tertiary/aromatic N) is 3. The molecule has 0 atom stereocenters. The summed E-state index contributed by atoms with van der Waals surface area (Å²) in [5.41, 5.74) is 2.48. The number of piperazine rings is 1. The van der Waals surface area contributed by atoms with Crippen LogP contribution in [0, 0.1) is 0 Å². The minimum Gasteiger partial charge on any atom is -0.385 e. The first kappa shape index (κ1) is 18.2. The predicted octanol–water partition coefficient (Wildman–Crippen LogP) is 2.30. The van der Waals surface area contributed by atoms with Crippen molar-refractivity contribution in [1.29, 1.82) is 0 Å². The lowest BCUT2D eigenvalue weighted by Crippen LogP contribution is -2.48. The Kier molecular flexibility index (Phi) is 6.07. The van der Waals surface area contributed by atoms with Crippen molar-refractivity contribution in [3.05, 3.63) is 58.9 Å². The van der Waals surface area contributed by atoms with E-state index in [9.17, 15) is 9.59 Å². The Morgan fingerprint density at radius 3 is 2.58 bits per heavy atom. The first-order valence-electron chi connectivity index (χ1n) is 8.59. The first-order chi connectivity index (χ1) is 12.7. The molecule has 0 aliphatic carbocycles. The molecule has 2 aromatic rings. The number of nitrogens with one attached hydrogen (secondary N) is 1. The van der Waals surface area contributed by atoms with Crippen LogP contribution in [0.2, 0.25) is 5.02 Å². The van der Waals surface area contributed by atoms with Crippen LogP contribution in [0.5, 0.6) is 0 Å². The maximum absolute atomic E-state index is 12.6. The summed E-state index contributed by atoms with van der Waals surface area (Å²) in [4.78, 5) is 31.0. The monoisotopic (exact) mass is 372 g/mol. The topological polar surface area (TPSA) is 65.5 Å². The number of carbonyl (C=O) groups is 2. The van der Waals surface area contributed by atoms with Crippen molar-refractivity contribution in [1.82, 2.24) is 14.8 Å². The average Bonchev–Trinajstić information content (AvgIpc) is 2.69. The van der Waals surface area contributed by atoms with Crippen LogP contribution >= 0.6 is 11.6 Å². The number of halogens is 1. The molecule has 1 aliphatic rings. The molecule has 7 heteroatoms. The number of anilines is 1. The zero-order valence-electron chi connectivity index (χ0n) is 14.4. The van der Waals surface area contributed by atoms with Gasteiger partial charge in [0.05, 0.1) is 0 Å². The van der Waals surface area contributed by atoms with E-state index in [1.54, 1.807) is 22.1 Å². The Labute approximate surface area is 157 Å². The van der Waals surface area contributed by atoms with Crippen LogP contribution in [-0.4, -0.2) is 59.8 Å². The molecular weight excluding hydrogens is 352 g/mol. The highest BCUT2D eigenvalue weighted by Crippen LogP contribution is 2.13. The standard InChI is InChI=1S/C19H21ClN4O2/c20-16-3-1-15(2-4-16)5-7-21-17-6-8-22-18(13-17)19(26)24-11-9-23(14-25)10-12-24/h1-4,6,8,13-14H,5,7,9-12H2,(H,21,22). The molecule has 1 aliphatic heterocycles. The van der Waals surface area contributed by atoms with Crippen LogP contribution in [-0.2, 0) is 11.2 Å². The van der Waals surface area contributed by atoms with Crippen molar-refractivity contribution >= 4 is 29.6 Å². The maximum atomic E-state index is 12.6. The number of pyridine rings is 1. The summed E-state index contributed by atoms with van der Waals surface area (Å²) < 4.78 is 0. The summed E-state index contributed by atoms with van der Waals surface area (Å²) in [6, 6.07) is 11.4. The molecule has 3 rings (SSSR count). The number of carbonyl (C=O) groups excluding carboxylic acids is 2. The van der Waals surface area contributed by atoms with Crippen LogP contribution in [0.25, 0.3) is 0 Å². The summed E-state index contributed by atoms with van der Waals surface area (Å²) in [6.45, 7) is 2.95. The average molecular weight is 373 g/mol. The van der Waals surface area contributed by atoms with Crippen LogP contribution < -0.4 is 5.32 Å². The Morgan fingerprint density at radius 1 is 1.15 bits per heavy atom. The smallest absolute Gasteiger partial charge is 0.272 e. The molecule has 1 saturated heterocycles. The fourth-order valence-corrected chi connectivity index (χ4v) is 2.98. The molecule has 0 spiro atoms. The number of amides is 2. The summed E-state index contributed by atoms with van der Waals surface area (Å²) in [6.07, 6.45) is 3.32. The second-order valence-corrected chi connectivity index (χ2v) is 6.60. The summed E-state index contributed by atoms with van der Waals surface area (Å²) in [5, 5.41) is 4.05. The van der Waals surface area contributed by atoms with Crippen molar-refractivity contribution in [3.8, 4) is 0 Å². The van der Waals surface area contributed by atoms with Gasteiger partial charge in [-0.1, -0.05) is 23.7 Å². The summed E-state index contributed by atoms with van der Waals surface area (Å²) in [5.74, 6) is -0.100. The fourth-order valence-electron chi connectivity index (χ4n) is 2.85. The lowest BCUT2D eigenvalue weighted by atomic mass is 10.1. The Bertz CT molecular complexity index is 758. The molecule has 2 heterocycles. The second kappa shape index (κ2) is 8.67. The van der Waals surface area contributed by atoms with Gasteiger partial charge < -0.3 is 15.1 Å². The van der Waals surface area contributed by atoms with Gasteiger partial charge in [0.1, 0.15) is 5.69 Å². The van der Waals surface area contributed by atoms with E-state index in [-0.39, 0.29) is 5.91 Å².